The van der Waals surface area contributed by atoms with Gasteiger partial charge in [-0.15, -0.1) is 40.5 Å². The normalized spacial score (nSPS) is 12.5. The second kappa shape index (κ2) is 16.8. The van der Waals surface area contributed by atoms with Crippen molar-refractivity contribution in [1.29, 1.82) is 0 Å². The molecular formula is C44H58IrNO2SSi-. The molecule has 0 unspecified atom stereocenters. The Morgan fingerprint density at radius 2 is 1.42 bits per heavy atom. The minimum atomic E-state index is -1.50. The molecule has 0 aliphatic carbocycles. The molecule has 1 N–H and O–H groups in total. The van der Waals surface area contributed by atoms with Gasteiger partial charge >= 0.3 is 0 Å². The van der Waals surface area contributed by atoms with Crippen LogP contribution in [0.4, 0.5) is 0 Å². The number of rotatable bonds is 9. The molecule has 0 atom stereocenters. The van der Waals surface area contributed by atoms with Gasteiger partial charge in [-0.25, -0.2) is 0 Å². The fourth-order valence-corrected chi connectivity index (χ4v) is 11.5. The third-order valence-corrected chi connectivity index (χ3v) is 13.7. The van der Waals surface area contributed by atoms with Crippen LogP contribution < -0.4 is 5.19 Å². The minimum absolute atomic E-state index is 0. The SMILES string of the molecule is CCC(CC)C(=O)/C=C(\O)C(CC)CC.Cc1cc2[c-]c(-c3nccc4c3sc3c([Si](C)(C)C)c(C)ccc34)cc(C(C)(C)C)c2cc1C.[Ir]. The fourth-order valence-electron chi connectivity index (χ4n) is 7.06. The maximum absolute atomic E-state index is 11.7. The Hall–Kier alpha value is -2.63. The molecule has 2 heterocycles. The summed E-state index contributed by atoms with van der Waals surface area (Å²) in [6, 6.07) is 17.6. The first kappa shape index (κ1) is 41.8. The van der Waals surface area contributed by atoms with Gasteiger partial charge in [0.2, 0.25) is 0 Å². The van der Waals surface area contributed by atoms with Crippen molar-refractivity contribution in [3.63, 3.8) is 0 Å². The summed E-state index contributed by atoms with van der Waals surface area (Å²) in [6.45, 7) is 29.0. The fraction of sp³-hybridized carbons (Fsp3) is 0.455. The zero-order valence-corrected chi connectivity index (χ0v) is 36.9. The van der Waals surface area contributed by atoms with Crippen LogP contribution in [0.3, 0.4) is 0 Å². The summed E-state index contributed by atoms with van der Waals surface area (Å²) in [5.74, 6) is 0.547. The number of carbonyl (C=O) groups is 1. The van der Waals surface area contributed by atoms with Crippen LogP contribution in [0.2, 0.25) is 19.6 Å². The summed E-state index contributed by atoms with van der Waals surface area (Å²) >= 11 is 1.93. The number of aromatic nitrogens is 1. The van der Waals surface area contributed by atoms with Gasteiger partial charge in [0, 0.05) is 59.3 Å². The number of pyridine rings is 1. The van der Waals surface area contributed by atoms with Crippen LogP contribution in [-0.2, 0) is 30.3 Å². The van der Waals surface area contributed by atoms with Crippen molar-refractivity contribution in [2.24, 2.45) is 11.8 Å². The molecule has 0 fully saturated rings. The summed E-state index contributed by atoms with van der Waals surface area (Å²) in [4.78, 5) is 16.7. The van der Waals surface area contributed by atoms with E-state index in [4.69, 9.17) is 4.98 Å². The van der Waals surface area contributed by atoms with Crippen LogP contribution in [-0.4, -0.2) is 23.9 Å². The molecule has 5 rings (SSSR count). The molecule has 0 saturated heterocycles. The summed E-state index contributed by atoms with van der Waals surface area (Å²) < 4.78 is 2.73. The van der Waals surface area contributed by atoms with E-state index in [9.17, 15) is 9.90 Å². The first-order valence-corrected chi connectivity index (χ1v) is 22.5. The molecule has 271 valence electrons. The molecule has 3 nitrogen and oxygen atoms in total. The van der Waals surface area contributed by atoms with E-state index in [0.717, 1.165) is 36.9 Å². The number of carbonyl (C=O) groups excluding carboxylic acids is 1. The van der Waals surface area contributed by atoms with Gasteiger partial charge in [-0.2, -0.15) is 0 Å². The molecule has 0 amide bonds. The summed E-state index contributed by atoms with van der Waals surface area (Å²) in [5.41, 5.74) is 7.61. The van der Waals surface area contributed by atoms with Crippen LogP contribution in [0.25, 0.3) is 42.2 Å². The minimum Gasteiger partial charge on any atom is -0.512 e. The van der Waals surface area contributed by atoms with Crippen molar-refractivity contribution < 1.29 is 30.0 Å². The molecule has 2 aromatic heterocycles. The van der Waals surface area contributed by atoms with Gasteiger partial charge < -0.3 is 5.11 Å². The molecule has 1 radical (unpaired) electrons. The predicted molar refractivity (Wildman–Crippen MR) is 219 cm³/mol. The molecule has 6 heteroatoms. The molecule has 0 spiro atoms. The predicted octanol–water partition coefficient (Wildman–Crippen LogP) is 12.7. The van der Waals surface area contributed by atoms with Crippen LogP contribution in [0.15, 0.2) is 54.4 Å². The molecular weight excluding hydrogens is 827 g/mol. The van der Waals surface area contributed by atoms with Crippen molar-refractivity contribution in [3.8, 4) is 11.3 Å². The summed E-state index contributed by atoms with van der Waals surface area (Å²) in [7, 11) is -1.50. The number of allylic oxidation sites excluding steroid dienone is 2. The van der Waals surface area contributed by atoms with Gasteiger partial charge in [0.05, 0.1) is 13.8 Å². The zero-order valence-electron chi connectivity index (χ0n) is 32.6. The number of fused-ring (bicyclic) bond motifs is 4. The Morgan fingerprint density at radius 1 is 0.840 bits per heavy atom. The second-order valence-electron chi connectivity index (χ2n) is 15.8. The van der Waals surface area contributed by atoms with Crippen molar-refractivity contribution in [1.82, 2.24) is 4.98 Å². The zero-order chi connectivity index (χ0) is 36.4. The second-order valence-corrected chi connectivity index (χ2v) is 21.9. The van der Waals surface area contributed by atoms with Crippen molar-refractivity contribution in [2.45, 2.75) is 120 Å². The van der Waals surface area contributed by atoms with Crippen molar-refractivity contribution >= 4 is 61.3 Å². The number of aliphatic hydroxyl groups is 1. The number of thiophene rings is 1. The number of hydrogen-bond donors (Lipinski definition) is 1. The molecule has 0 saturated carbocycles. The average molecular weight is 885 g/mol. The smallest absolute Gasteiger partial charge is 0.162 e. The number of ketones is 1. The van der Waals surface area contributed by atoms with E-state index in [0.29, 0.717) is 0 Å². The van der Waals surface area contributed by atoms with Gasteiger partial charge in [0.1, 0.15) is 0 Å². The van der Waals surface area contributed by atoms with Gasteiger partial charge in [-0.05, 0) is 73.9 Å². The first-order chi connectivity index (χ1) is 23.0. The van der Waals surface area contributed by atoms with Crippen LogP contribution in [0, 0.1) is 38.7 Å². The summed E-state index contributed by atoms with van der Waals surface area (Å²) in [6.07, 6.45) is 6.89. The number of nitrogens with zero attached hydrogens (tertiary/aromatic N) is 1. The van der Waals surface area contributed by atoms with Crippen LogP contribution in [0.5, 0.6) is 0 Å². The van der Waals surface area contributed by atoms with Crippen molar-refractivity contribution in [2.75, 3.05) is 0 Å². The Balaban J connectivity index is 0.000000361. The number of aryl methyl sites for hydroxylation is 3. The Morgan fingerprint density at radius 3 is 1.98 bits per heavy atom. The van der Waals surface area contributed by atoms with E-state index in [1.165, 1.54) is 59.3 Å². The van der Waals surface area contributed by atoms with Crippen LogP contribution >= 0.6 is 11.3 Å². The number of benzene rings is 3. The molecule has 5 aromatic rings. The molecule has 0 aliphatic rings. The Bertz CT molecular complexity index is 2000. The van der Waals surface area contributed by atoms with Gasteiger partial charge in [0.25, 0.3) is 0 Å². The molecule has 0 bridgehead atoms. The maximum Gasteiger partial charge on any atom is 0.162 e. The van der Waals surface area contributed by atoms with E-state index in [-0.39, 0.29) is 48.9 Å². The monoisotopic (exact) mass is 885 g/mol. The standard InChI is InChI=1S/C31H34NSSi.C13H24O2.Ir/c1-18-10-11-23-24-12-13-32-27(28(24)33-29(23)30(18)34(7,8)9)22-16-21-14-19(2)20(3)15-25(21)26(17-22)31(4,5)6;1-5-10(6-2)12(14)9-13(15)11(7-3)8-4;/h10-15,17H,1-9H3;9-11,14H,5-8H2,1-4H3;/q-1;;/b;12-9-;. The molecule has 3 aromatic carbocycles. The average Bonchev–Trinajstić information content (AvgIpc) is 3.40. The summed E-state index contributed by atoms with van der Waals surface area (Å²) in [5, 5.41) is 16.5. The molecule has 0 aliphatic heterocycles. The topological polar surface area (TPSA) is 50.2 Å². The Labute approximate surface area is 320 Å². The number of hydrogen-bond acceptors (Lipinski definition) is 4. The van der Waals surface area contributed by atoms with E-state index in [1.807, 2.05) is 45.2 Å². The van der Waals surface area contributed by atoms with Gasteiger partial charge in [-0.1, -0.05) is 114 Å². The third kappa shape index (κ3) is 8.86. The van der Waals surface area contributed by atoms with E-state index >= 15 is 0 Å². The van der Waals surface area contributed by atoms with E-state index < -0.39 is 8.07 Å². The van der Waals surface area contributed by atoms with Gasteiger partial charge in [0.15, 0.2) is 5.78 Å². The van der Waals surface area contributed by atoms with Gasteiger partial charge in [-0.3, -0.25) is 9.78 Å². The first-order valence-electron chi connectivity index (χ1n) is 18.2. The largest absolute Gasteiger partial charge is 0.512 e. The third-order valence-electron chi connectivity index (χ3n) is 10.1. The van der Waals surface area contributed by atoms with Crippen LogP contribution in [0.1, 0.15) is 96.4 Å². The quantitative estimate of drug-likeness (QED) is 0.0694. The molecule has 50 heavy (non-hydrogen) atoms. The maximum atomic E-state index is 11.7. The Kier molecular flexibility index (Phi) is 14.0. The number of aliphatic hydroxyl groups excluding tert-OH is 1. The van der Waals surface area contributed by atoms with Crippen molar-refractivity contribution in [3.05, 3.63) is 82.8 Å². The van der Waals surface area contributed by atoms with E-state index in [2.05, 4.69) is 104 Å². The van der Waals surface area contributed by atoms with E-state index in [1.54, 1.807) is 5.19 Å².